The van der Waals surface area contributed by atoms with Gasteiger partial charge in [0.15, 0.2) is 5.69 Å². The minimum absolute atomic E-state index is 0.0771. The number of para-hydroxylation sites is 1. The van der Waals surface area contributed by atoms with E-state index in [-0.39, 0.29) is 17.1 Å². The summed E-state index contributed by atoms with van der Waals surface area (Å²) < 4.78 is 0. The predicted octanol–water partition coefficient (Wildman–Crippen LogP) is 3.48. The molecular formula is C16H15ClN4O4. The SMILES string of the molecule is O=[N+]([O-])c1cccc([N+](=O)[O-])c1N1CCN(c2ccc(Cl)cc2)CC1. The normalized spacial score (nSPS) is 14.4. The number of nitro benzene ring substituents is 2. The number of rotatable bonds is 4. The van der Waals surface area contributed by atoms with Crippen molar-refractivity contribution in [3.63, 3.8) is 0 Å². The summed E-state index contributed by atoms with van der Waals surface area (Å²) in [4.78, 5) is 25.3. The lowest BCUT2D eigenvalue weighted by molar-refractivity contribution is -0.392. The lowest BCUT2D eigenvalue weighted by Gasteiger charge is -2.36. The van der Waals surface area contributed by atoms with E-state index < -0.39 is 9.85 Å². The summed E-state index contributed by atoms with van der Waals surface area (Å²) in [6.45, 7) is 2.11. The second-order valence-corrected chi connectivity index (χ2v) is 6.05. The molecule has 130 valence electrons. The van der Waals surface area contributed by atoms with E-state index in [0.717, 1.165) is 5.69 Å². The molecule has 0 atom stereocenters. The Labute approximate surface area is 148 Å². The van der Waals surface area contributed by atoms with Crippen molar-refractivity contribution < 1.29 is 9.85 Å². The topological polar surface area (TPSA) is 92.8 Å². The van der Waals surface area contributed by atoms with Crippen molar-refractivity contribution in [1.82, 2.24) is 0 Å². The molecule has 9 heteroatoms. The zero-order valence-corrected chi connectivity index (χ0v) is 13.9. The lowest BCUT2D eigenvalue weighted by atomic mass is 10.1. The molecule has 2 aromatic carbocycles. The number of hydrogen-bond acceptors (Lipinski definition) is 6. The van der Waals surface area contributed by atoms with Gasteiger partial charge in [-0.05, 0) is 30.3 Å². The van der Waals surface area contributed by atoms with Crippen LogP contribution in [-0.2, 0) is 0 Å². The van der Waals surface area contributed by atoms with Gasteiger partial charge in [0.05, 0.1) is 9.85 Å². The fourth-order valence-electron chi connectivity index (χ4n) is 2.98. The van der Waals surface area contributed by atoms with Gasteiger partial charge in [0.2, 0.25) is 0 Å². The van der Waals surface area contributed by atoms with Gasteiger partial charge in [-0.25, -0.2) is 0 Å². The molecule has 0 radical (unpaired) electrons. The molecule has 0 bridgehead atoms. The summed E-state index contributed by atoms with van der Waals surface area (Å²) in [5.41, 5.74) is 0.595. The zero-order valence-electron chi connectivity index (χ0n) is 13.2. The number of nitro groups is 2. The van der Waals surface area contributed by atoms with Gasteiger partial charge in [0, 0.05) is 49.0 Å². The molecule has 3 rings (SSSR count). The average Bonchev–Trinajstić information content (AvgIpc) is 2.62. The van der Waals surface area contributed by atoms with Crippen molar-refractivity contribution in [1.29, 1.82) is 0 Å². The Bertz CT molecular complexity index is 772. The first kappa shape index (κ1) is 17.0. The average molecular weight is 363 g/mol. The maximum atomic E-state index is 11.3. The summed E-state index contributed by atoms with van der Waals surface area (Å²) in [5.74, 6) is 0. The minimum atomic E-state index is -0.575. The van der Waals surface area contributed by atoms with Crippen LogP contribution in [0.2, 0.25) is 5.02 Å². The first-order chi connectivity index (χ1) is 12.0. The Hall–Kier alpha value is -2.87. The quantitative estimate of drug-likeness (QED) is 0.610. The van der Waals surface area contributed by atoms with Crippen LogP contribution in [0.5, 0.6) is 0 Å². The van der Waals surface area contributed by atoms with Gasteiger partial charge < -0.3 is 9.80 Å². The van der Waals surface area contributed by atoms with Crippen molar-refractivity contribution >= 4 is 34.4 Å². The van der Waals surface area contributed by atoms with E-state index >= 15 is 0 Å². The summed E-state index contributed by atoms with van der Waals surface area (Å²) in [6, 6.07) is 11.4. The molecule has 0 aliphatic carbocycles. The molecule has 0 saturated carbocycles. The van der Waals surface area contributed by atoms with Crippen LogP contribution in [0.3, 0.4) is 0 Å². The molecular weight excluding hydrogens is 348 g/mol. The summed E-state index contributed by atoms with van der Waals surface area (Å²) in [5, 5.41) is 23.2. The van der Waals surface area contributed by atoms with Gasteiger partial charge >= 0.3 is 0 Å². The molecule has 1 heterocycles. The summed E-state index contributed by atoms with van der Waals surface area (Å²) in [7, 11) is 0. The third-order valence-electron chi connectivity index (χ3n) is 4.17. The smallest absolute Gasteiger partial charge is 0.299 e. The van der Waals surface area contributed by atoms with Crippen molar-refractivity contribution in [2.75, 3.05) is 36.0 Å². The molecule has 1 aliphatic rings. The van der Waals surface area contributed by atoms with Crippen LogP contribution in [0.4, 0.5) is 22.7 Å². The third kappa shape index (κ3) is 3.48. The highest BCUT2D eigenvalue weighted by atomic mass is 35.5. The molecule has 0 aromatic heterocycles. The molecule has 1 saturated heterocycles. The second-order valence-electron chi connectivity index (χ2n) is 5.61. The number of hydrogen-bond donors (Lipinski definition) is 0. The van der Waals surface area contributed by atoms with Crippen LogP contribution in [-0.4, -0.2) is 36.0 Å². The molecule has 1 aliphatic heterocycles. The maximum absolute atomic E-state index is 11.3. The monoisotopic (exact) mass is 362 g/mol. The Morgan fingerprint density at radius 1 is 0.800 bits per heavy atom. The molecule has 2 aromatic rings. The third-order valence-corrected chi connectivity index (χ3v) is 4.43. The highest BCUT2D eigenvalue weighted by molar-refractivity contribution is 6.30. The van der Waals surface area contributed by atoms with E-state index in [1.807, 2.05) is 12.1 Å². The summed E-state index contributed by atoms with van der Waals surface area (Å²) >= 11 is 5.89. The molecule has 0 unspecified atom stereocenters. The minimum Gasteiger partial charge on any atom is -0.368 e. The number of benzene rings is 2. The maximum Gasteiger partial charge on any atom is 0.299 e. The van der Waals surface area contributed by atoms with Gasteiger partial charge in [-0.1, -0.05) is 11.6 Å². The van der Waals surface area contributed by atoms with Crippen LogP contribution in [0.1, 0.15) is 0 Å². The molecule has 0 spiro atoms. The van der Waals surface area contributed by atoms with Crippen molar-refractivity contribution in [2.45, 2.75) is 0 Å². The standard InChI is InChI=1S/C16H15ClN4O4/c17-12-4-6-13(7-5-12)18-8-10-19(11-9-18)16-14(20(22)23)2-1-3-15(16)21(24)25/h1-7H,8-11H2. The van der Waals surface area contributed by atoms with Gasteiger partial charge in [-0.2, -0.15) is 0 Å². The van der Waals surface area contributed by atoms with Crippen LogP contribution in [0.15, 0.2) is 42.5 Å². The number of anilines is 2. The number of halogens is 1. The fourth-order valence-corrected chi connectivity index (χ4v) is 3.10. The molecule has 0 N–H and O–H groups in total. The van der Waals surface area contributed by atoms with Crippen LogP contribution >= 0.6 is 11.6 Å². The van der Waals surface area contributed by atoms with Crippen LogP contribution < -0.4 is 9.80 Å². The van der Waals surface area contributed by atoms with Crippen LogP contribution in [0.25, 0.3) is 0 Å². The first-order valence-electron chi connectivity index (χ1n) is 7.64. The van der Waals surface area contributed by atoms with E-state index in [0.29, 0.717) is 31.2 Å². The van der Waals surface area contributed by atoms with Gasteiger partial charge in [-0.3, -0.25) is 20.2 Å². The fraction of sp³-hybridized carbons (Fsp3) is 0.250. The predicted molar refractivity (Wildman–Crippen MR) is 95.6 cm³/mol. The van der Waals surface area contributed by atoms with Crippen molar-refractivity contribution in [2.24, 2.45) is 0 Å². The highest BCUT2D eigenvalue weighted by Gasteiger charge is 2.31. The van der Waals surface area contributed by atoms with E-state index in [1.165, 1.54) is 18.2 Å². The van der Waals surface area contributed by atoms with Crippen LogP contribution in [0, 0.1) is 20.2 Å². The highest BCUT2D eigenvalue weighted by Crippen LogP contribution is 2.37. The van der Waals surface area contributed by atoms with Gasteiger partial charge in [-0.15, -0.1) is 0 Å². The van der Waals surface area contributed by atoms with E-state index in [4.69, 9.17) is 11.6 Å². The van der Waals surface area contributed by atoms with Crippen molar-refractivity contribution in [3.8, 4) is 0 Å². The molecule has 1 fully saturated rings. The van der Waals surface area contributed by atoms with E-state index in [2.05, 4.69) is 4.90 Å². The van der Waals surface area contributed by atoms with E-state index in [1.54, 1.807) is 17.0 Å². The number of nitrogens with zero attached hydrogens (tertiary/aromatic N) is 4. The number of piperazine rings is 1. The van der Waals surface area contributed by atoms with E-state index in [9.17, 15) is 20.2 Å². The summed E-state index contributed by atoms with van der Waals surface area (Å²) in [6.07, 6.45) is 0. The Morgan fingerprint density at radius 3 is 1.76 bits per heavy atom. The largest absolute Gasteiger partial charge is 0.368 e. The lowest BCUT2D eigenvalue weighted by Crippen LogP contribution is -2.46. The van der Waals surface area contributed by atoms with Gasteiger partial charge in [0.1, 0.15) is 0 Å². The van der Waals surface area contributed by atoms with Gasteiger partial charge in [0.25, 0.3) is 11.4 Å². The second kappa shape index (κ2) is 6.94. The Balaban J connectivity index is 1.84. The van der Waals surface area contributed by atoms with Crippen molar-refractivity contribution in [3.05, 3.63) is 67.7 Å². The first-order valence-corrected chi connectivity index (χ1v) is 8.02. The Morgan fingerprint density at radius 2 is 1.28 bits per heavy atom. The Kier molecular flexibility index (Phi) is 4.71. The molecule has 25 heavy (non-hydrogen) atoms. The zero-order chi connectivity index (χ0) is 18.0. The molecule has 8 nitrogen and oxygen atoms in total. The molecule has 0 amide bonds.